The number of carbonyl (C=O) groups is 1. The summed E-state index contributed by atoms with van der Waals surface area (Å²) in [6.07, 6.45) is 15.8. The lowest BCUT2D eigenvalue weighted by Crippen LogP contribution is -2.26. The Hall–Kier alpha value is -2.59. The minimum Gasteiger partial charge on any atom is -0.492 e. The van der Waals surface area contributed by atoms with Crippen LogP contribution in [-0.4, -0.2) is 29.9 Å². The first kappa shape index (κ1) is 32.9. The van der Waals surface area contributed by atoms with E-state index in [0.29, 0.717) is 13.2 Å². The topological polar surface area (TPSA) is 55.8 Å². The van der Waals surface area contributed by atoms with Gasteiger partial charge in [0.1, 0.15) is 12.4 Å². The van der Waals surface area contributed by atoms with Crippen LogP contribution in [-0.2, 0) is 14.9 Å². The SMILES string of the molecule is CCCCCCCC[C@](O)(C=Cc1ccc(C(CC)(CC)c2ccc(OCC3CCOC3=O)c(C)c2)cc1C)CC. The zero-order valence-electron chi connectivity index (χ0n) is 26.6. The summed E-state index contributed by atoms with van der Waals surface area (Å²) >= 11 is 0. The first-order chi connectivity index (χ1) is 19.7. The van der Waals surface area contributed by atoms with Gasteiger partial charge >= 0.3 is 5.97 Å². The number of aliphatic hydroxyl groups is 1. The maximum atomic E-state index is 11.8. The van der Waals surface area contributed by atoms with Crippen LogP contribution in [0.1, 0.15) is 126 Å². The zero-order valence-corrected chi connectivity index (χ0v) is 26.6. The van der Waals surface area contributed by atoms with E-state index >= 15 is 0 Å². The number of ether oxygens (including phenoxy) is 2. The lowest BCUT2D eigenvalue weighted by molar-refractivity contribution is -0.141. The second-order valence-electron chi connectivity index (χ2n) is 12.1. The van der Waals surface area contributed by atoms with E-state index in [1.54, 1.807) is 0 Å². The first-order valence-electron chi connectivity index (χ1n) is 16.1. The highest BCUT2D eigenvalue weighted by molar-refractivity contribution is 5.74. The van der Waals surface area contributed by atoms with Gasteiger partial charge in [-0.15, -0.1) is 0 Å². The molecule has 2 atom stereocenters. The third kappa shape index (κ3) is 8.47. The van der Waals surface area contributed by atoms with Crippen LogP contribution in [0.3, 0.4) is 0 Å². The van der Waals surface area contributed by atoms with E-state index < -0.39 is 5.60 Å². The fraction of sp³-hybridized carbons (Fsp3) is 0.595. The molecule has 2 aromatic rings. The standard InChI is InChI=1S/C37H54O4/c1-7-11-12-13-14-15-22-36(39,8-2)23-20-30-16-17-32(25-28(30)5)37(9-3,10-4)33-18-19-34(29(6)26-33)41-27-31-21-24-40-35(31)38/h16-20,23,25-26,31,39H,7-15,21-22,24,27H2,1-6H3/t31?,36-/m0/s1. The Kier molecular flexibility index (Phi) is 12.5. The predicted octanol–water partition coefficient (Wildman–Crippen LogP) is 9.26. The summed E-state index contributed by atoms with van der Waals surface area (Å²) in [4.78, 5) is 11.8. The van der Waals surface area contributed by atoms with Crippen molar-refractivity contribution in [2.45, 2.75) is 123 Å². The number of esters is 1. The van der Waals surface area contributed by atoms with Crippen LogP contribution < -0.4 is 4.74 Å². The van der Waals surface area contributed by atoms with Crippen molar-refractivity contribution in [3.63, 3.8) is 0 Å². The molecular formula is C37H54O4. The van der Waals surface area contributed by atoms with Crippen LogP contribution in [0.5, 0.6) is 5.75 Å². The molecule has 41 heavy (non-hydrogen) atoms. The molecule has 1 unspecified atom stereocenters. The van der Waals surface area contributed by atoms with Crippen LogP contribution in [0.15, 0.2) is 42.5 Å². The Balaban J connectivity index is 1.74. The van der Waals surface area contributed by atoms with Gasteiger partial charge in [-0.1, -0.05) is 109 Å². The van der Waals surface area contributed by atoms with Gasteiger partial charge in [-0.2, -0.15) is 0 Å². The Bertz CT molecular complexity index is 1150. The molecule has 1 aliphatic heterocycles. The lowest BCUT2D eigenvalue weighted by Gasteiger charge is -2.34. The summed E-state index contributed by atoms with van der Waals surface area (Å²) in [6.45, 7) is 14.0. The lowest BCUT2D eigenvalue weighted by atomic mass is 9.70. The molecule has 1 fully saturated rings. The summed E-state index contributed by atoms with van der Waals surface area (Å²) in [5.41, 5.74) is 5.23. The van der Waals surface area contributed by atoms with E-state index in [0.717, 1.165) is 55.4 Å². The smallest absolute Gasteiger partial charge is 0.312 e. The van der Waals surface area contributed by atoms with Crippen LogP contribution in [0.4, 0.5) is 0 Å². The number of unbranched alkanes of at least 4 members (excludes halogenated alkanes) is 5. The molecule has 1 aliphatic rings. The van der Waals surface area contributed by atoms with Crippen molar-refractivity contribution in [2.24, 2.45) is 5.92 Å². The van der Waals surface area contributed by atoms with Crippen molar-refractivity contribution < 1.29 is 19.4 Å². The molecule has 226 valence electrons. The number of aryl methyl sites for hydroxylation is 2. The molecule has 4 heteroatoms. The molecule has 0 radical (unpaired) electrons. The third-order valence-corrected chi connectivity index (χ3v) is 9.39. The summed E-state index contributed by atoms with van der Waals surface area (Å²) in [5.74, 6) is 0.510. The molecule has 0 aliphatic carbocycles. The third-order valence-electron chi connectivity index (χ3n) is 9.39. The van der Waals surface area contributed by atoms with Crippen LogP contribution in [0.25, 0.3) is 6.08 Å². The molecule has 0 bridgehead atoms. The van der Waals surface area contributed by atoms with E-state index in [9.17, 15) is 9.90 Å². The van der Waals surface area contributed by atoms with Crippen molar-refractivity contribution in [1.29, 1.82) is 0 Å². The minimum absolute atomic E-state index is 0.104. The molecule has 0 saturated carbocycles. The van der Waals surface area contributed by atoms with Gasteiger partial charge in [-0.05, 0) is 79.8 Å². The number of rotatable bonds is 17. The molecule has 0 spiro atoms. The van der Waals surface area contributed by atoms with Crippen molar-refractivity contribution in [3.8, 4) is 5.75 Å². The quantitative estimate of drug-likeness (QED) is 0.154. The van der Waals surface area contributed by atoms with Crippen molar-refractivity contribution in [3.05, 3.63) is 70.3 Å². The van der Waals surface area contributed by atoms with Gasteiger partial charge in [0.25, 0.3) is 0 Å². The highest BCUT2D eigenvalue weighted by Crippen LogP contribution is 2.41. The molecule has 1 N–H and O–H groups in total. The fourth-order valence-electron chi connectivity index (χ4n) is 6.22. The molecule has 1 heterocycles. The van der Waals surface area contributed by atoms with Crippen molar-refractivity contribution >= 4 is 12.0 Å². The highest BCUT2D eigenvalue weighted by atomic mass is 16.5. The molecule has 2 aromatic carbocycles. The van der Waals surface area contributed by atoms with Crippen LogP contribution in [0, 0.1) is 19.8 Å². The monoisotopic (exact) mass is 562 g/mol. The largest absolute Gasteiger partial charge is 0.492 e. The average molecular weight is 563 g/mol. The molecule has 4 nitrogen and oxygen atoms in total. The van der Waals surface area contributed by atoms with Gasteiger partial charge in [0.05, 0.1) is 18.1 Å². The maximum Gasteiger partial charge on any atom is 0.312 e. The zero-order chi connectivity index (χ0) is 29.9. The van der Waals surface area contributed by atoms with Gasteiger partial charge in [0.15, 0.2) is 0 Å². The second-order valence-corrected chi connectivity index (χ2v) is 12.1. The van der Waals surface area contributed by atoms with Crippen LogP contribution >= 0.6 is 0 Å². The predicted molar refractivity (Wildman–Crippen MR) is 171 cm³/mol. The molecule has 1 saturated heterocycles. The van der Waals surface area contributed by atoms with Gasteiger partial charge in [-0.3, -0.25) is 4.79 Å². The van der Waals surface area contributed by atoms with Gasteiger partial charge < -0.3 is 14.6 Å². The van der Waals surface area contributed by atoms with Gasteiger partial charge in [-0.25, -0.2) is 0 Å². The Labute approximate surface area is 249 Å². The first-order valence-corrected chi connectivity index (χ1v) is 16.1. The minimum atomic E-state index is -0.744. The number of carbonyl (C=O) groups excluding carboxylic acids is 1. The molecule has 0 amide bonds. The fourth-order valence-corrected chi connectivity index (χ4v) is 6.22. The second kappa shape index (κ2) is 15.6. The number of cyclic esters (lactones) is 1. The number of hydrogen-bond donors (Lipinski definition) is 1. The summed E-state index contributed by atoms with van der Waals surface area (Å²) < 4.78 is 11.1. The molecule has 0 aromatic heterocycles. The van der Waals surface area contributed by atoms with E-state index in [1.165, 1.54) is 48.8 Å². The molecule has 3 rings (SSSR count). The van der Waals surface area contributed by atoms with Gasteiger partial charge in [0.2, 0.25) is 0 Å². The summed E-state index contributed by atoms with van der Waals surface area (Å²) in [6, 6.07) is 13.3. The van der Waals surface area contributed by atoms with E-state index in [1.807, 2.05) is 6.08 Å². The molecular weight excluding hydrogens is 508 g/mol. The van der Waals surface area contributed by atoms with E-state index in [4.69, 9.17) is 9.47 Å². The Morgan fingerprint density at radius 3 is 2.15 bits per heavy atom. The van der Waals surface area contributed by atoms with Gasteiger partial charge in [0, 0.05) is 5.41 Å². The number of hydrogen-bond acceptors (Lipinski definition) is 4. The summed E-state index contributed by atoms with van der Waals surface area (Å²) in [5, 5.41) is 11.2. The van der Waals surface area contributed by atoms with Crippen LogP contribution in [0.2, 0.25) is 0 Å². The Morgan fingerprint density at radius 2 is 1.56 bits per heavy atom. The number of benzene rings is 2. The van der Waals surface area contributed by atoms with Crippen molar-refractivity contribution in [2.75, 3.05) is 13.2 Å². The van der Waals surface area contributed by atoms with Crippen molar-refractivity contribution in [1.82, 2.24) is 0 Å². The van der Waals surface area contributed by atoms with E-state index in [-0.39, 0.29) is 17.3 Å². The Morgan fingerprint density at radius 1 is 0.902 bits per heavy atom. The van der Waals surface area contributed by atoms with E-state index in [2.05, 4.69) is 84.0 Å². The summed E-state index contributed by atoms with van der Waals surface area (Å²) in [7, 11) is 0. The normalized spacial score (nSPS) is 17.1. The highest BCUT2D eigenvalue weighted by Gasteiger charge is 2.32. The maximum absolute atomic E-state index is 11.8. The average Bonchev–Trinajstić information content (AvgIpc) is 3.39.